The van der Waals surface area contributed by atoms with Crippen molar-refractivity contribution >= 4 is 16.7 Å². The number of pyridine rings is 1. The van der Waals surface area contributed by atoms with Gasteiger partial charge in [0.15, 0.2) is 0 Å². The topological polar surface area (TPSA) is 53.1 Å². The molecule has 0 saturated carbocycles. The number of nitrogens with zero attached hydrogens (tertiary/aromatic N) is 2. The number of hydrogen-bond donors (Lipinski definition) is 1. The molecule has 0 aliphatic heterocycles. The maximum Gasteiger partial charge on any atom is 0.133 e. The fourth-order valence-electron chi connectivity index (χ4n) is 3.54. The maximum absolute atomic E-state index is 6.25. The minimum atomic E-state index is 0.575. The molecule has 28 heavy (non-hydrogen) atoms. The van der Waals surface area contributed by atoms with Crippen LogP contribution in [0.2, 0.25) is 0 Å². The van der Waals surface area contributed by atoms with Crippen molar-refractivity contribution in [2.24, 2.45) is 0 Å². The van der Waals surface area contributed by atoms with E-state index in [0.29, 0.717) is 5.82 Å². The summed E-state index contributed by atoms with van der Waals surface area (Å²) in [6.07, 6.45) is 7.57. The molecule has 0 amide bonds. The molecule has 0 saturated heterocycles. The standard InChI is InChI=1S/C24H25N3O/c1-2-3-7-16-27-17-21(23-22(27)14-15-26-24(23)25)18-10-12-20(13-11-18)28-19-8-5-4-6-9-19/h4-6,8-15,17H,2-3,7,16H2,1H3,(H2,25,26). The van der Waals surface area contributed by atoms with Crippen LogP contribution in [0.1, 0.15) is 26.2 Å². The van der Waals surface area contributed by atoms with E-state index >= 15 is 0 Å². The Hall–Kier alpha value is -3.27. The summed E-state index contributed by atoms with van der Waals surface area (Å²) in [5, 5.41) is 1.02. The lowest BCUT2D eigenvalue weighted by Crippen LogP contribution is -1.96. The van der Waals surface area contributed by atoms with Crippen LogP contribution in [0.4, 0.5) is 5.82 Å². The van der Waals surface area contributed by atoms with Crippen LogP contribution in [0.5, 0.6) is 11.5 Å². The van der Waals surface area contributed by atoms with E-state index < -0.39 is 0 Å². The fraction of sp³-hybridized carbons (Fsp3) is 0.208. The quantitative estimate of drug-likeness (QED) is 0.390. The first kappa shape index (κ1) is 18.1. The smallest absolute Gasteiger partial charge is 0.133 e. The van der Waals surface area contributed by atoms with Crippen LogP contribution >= 0.6 is 0 Å². The third kappa shape index (κ3) is 3.72. The highest BCUT2D eigenvalue weighted by Crippen LogP contribution is 2.35. The van der Waals surface area contributed by atoms with Crippen molar-refractivity contribution < 1.29 is 4.74 Å². The number of unbranched alkanes of at least 4 members (excludes halogenated alkanes) is 2. The van der Waals surface area contributed by atoms with Gasteiger partial charge in [0.25, 0.3) is 0 Å². The van der Waals surface area contributed by atoms with Gasteiger partial charge in [0.2, 0.25) is 0 Å². The van der Waals surface area contributed by atoms with Gasteiger partial charge in [0.1, 0.15) is 17.3 Å². The molecule has 0 aliphatic rings. The number of anilines is 1. The third-order valence-electron chi connectivity index (χ3n) is 4.97. The number of ether oxygens (including phenoxy) is 1. The minimum absolute atomic E-state index is 0.575. The van der Waals surface area contributed by atoms with Crippen LogP contribution in [-0.2, 0) is 6.54 Å². The van der Waals surface area contributed by atoms with Crippen LogP contribution in [0.15, 0.2) is 73.1 Å². The highest BCUT2D eigenvalue weighted by Gasteiger charge is 2.13. The second kappa shape index (κ2) is 8.17. The molecule has 0 radical (unpaired) electrons. The van der Waals surface area contributed by atoms with Gasteiger partial charge in [-0.15, -0.1) is 0 Å². The Labute approximate surface area is 165 Å². The molecular formula is C24H25N3O. The number of benzene rings is 2. The van der Waals surface area contributed by atoms with E-state index in [4.69, 9.17) is 10.5 Å². The predicted molar refractivity (Wildman–Crippen MR) is 116 cm³/mol. The number of hydrogen-bond acceptors (Lipinski definition) is 3. The van der Waals surface area contributed by atoms with Gasteiger partial charge in [-0.2, -0.15) is 0 Å². The molecule has 2 aromatic heterocycles. The molecule has 0 aliphatic carbocycles. The van der Waals surface area contributed by atoms with E-state index in [2.05, 4.69) is 34.8 Å². The summed E-state index contributed by atoms with van der Waals surface area (Å²) in [5.74, 6) is 2.22. The van der Waals surface area contributed by atoms with E-state index in [1.165, 1.54) is 12.8 Å². The first-order valence-corrected chi connectivity index (χ1v) is 9.83. The van der Waals surface area contributed by atoms with Crippen LogP contribution in [0, 0.1) is 0 Å². The number of aryl methyl sites for hydroxylation is 1. The number of nitrogens with two attached hydrogens (primary N) is 1. The van der Waals surface area contributed by atoms with Gasteiger partial charge in [-0.25, -0.2) is 4.98 Å². The number of para-hydroxylation sites is 1. The Morgan fingerprint density at radius 2 is 1.68 bits per heavy atom. The monoisotopic (exact) mass is 371 g/mol. The average molecular weight is 371 g/mol. The largest absolute Gasteiger partial charge is 0.457 e. The van der Waals surface area contributed by atoms with Crippen molar-refractivity contribution in [3.05, 3.63) is 73.1 Å². The summed E-state index contributed by atoms with van der Waals surface area (Å²) < 4.78 is 8.21. The molecule has 4 heteroatoms. The number of aromatic nitrogens is 2. The summed E-state index contributed by atoms with van der Waals surface area (Å²) in [7, 11) is 0. The van der Waals surface area contributed by atoms with Crippen molar-refractivity contribution in [3.8, 4) is 22.6 Å². The molecule has 2 aromatic carbocycles. The van der Waals surface area contributed by atoms with E-state index in [9.17, 15) is 0 Å². The lowest BCUT2D eigenvalue weighted by atomic mass is 10.1. The van der Waals surface area contributed by atoms with Crippen molar-refractivity contribution in [1.82, 2.24) is 9.55 Å². The van der Waals surface area contributed by atoms with Gasteiger partial charge in [0.05, 0.1) is 5.52 Å². The summed E-state index contributed by atoms with van der Waals surface area (Å²) in [5.41, 5.74) is 9.61. The first-order valence-electron chi connectivity index (χ1n) is 9.83. The minimum Gasteiger partial charge on any atom is -0.457 e. The van der Waals surface area contributed by atoms with Crippen LogP contribution in [0.3, 0.4) is 0 Å². The van der Waals surface area contributed by atoms with Gasteiger partial charge in [-0.05, 0) is 42.3 Å². The molecule has 0 spiro atoms. The second-order valence-electron chi connectivity index (χ2n) is 6.97. The van der Waals surface area contributed by atoms with E-state index in [-0.39, 0.29) is 0 Å². The average Bonchev–Trinajstić information content (AvgIpc) is 3.10. The number of fused-ring (bicyclic) bond motifs is 1. The van der Waals surface area contributed by atoms with Crippen LogP contribution in [0.25, 0.3) is 22.0 Å². The maximum atomic E-state index is 6.25. The summed E-state index contributed by atoms with van der Waals surface area (Å²) >= 11 is 0. The van der Waals surface area contributed by atoms with E-state index in [1.807, 2.05) is 48.5 Å². The van der Waals surface area contributed by atoms with Crippen molar-refractivity contribution in [1.29, 1.82) is 0 Å². The van der Waals surface area contributed by atoms with Crippen molar-refractivity contribution in [2.75, 3.05) is 5.73 Å². The molecule has 2 heterocycles. The third-order valence-corrected chi connectivity index (χ3v) is 4.97. The highest BCUT2D eigenvalue weighted by atomic mass is 16.5. The zero-order chi connectivity index (χ0) is 19.3. The van der Waals surface area contributed by atoms with Gasteiger partial charge >= 0.3 is 0 Å². The molecule has 2 N–H and O–H groups in total. The predicted octanol–water partition coefficient (Wildman–Crippen LogP) is 6.27. The summed E-state index contributed by atoms with van der Waals surface area (Å²) in [6, 6.07) is 20.0. The number of rotatable bonds is 7. The Morgan fingerprint density at radius 1 is 0.929 bits per heavy atom. The molecule has 4 rings (SSSR count). The van der Waals surface area contributed by atoms with Gasteiger partial charge in [-0.1, -0.05) is 50.1 Å². The Balaban J connectivity index is 1.66. The molecule has 0 atom stereocenters. The van der Waals surface area contributed by atoms with Crippen LogP contribution in [-0.4, -0.2) is 9.55 Å². The first-order chi connectivity index (χ1) is 13.8. The molecule has 0 unspecified atom stereocenters. The number of nitrogen functional groups attached to an aromatic ring is 1. The Morgan fingerprint density at radius 3 is 2.43 bits per heavy atom. The SMILES string of the molecule is CCCCCn1cc(-c2ccc(Oc3ccccc3)cc2)c2c(N)nccc21. The summed E-state index contributed by atoms with van der Waals surface area (Å²) in [6.45, 7) is 3.21. The van der Waals surface area contributed by atoms with Gasteiger partial charge < -0.3 is 15.0 Å². The van der Waals surface area contributed by atoms with Gasteiger partial charge in [-0.3, -0.25) is 0 Å². The fourth-order valence-corrected chi connectivity index (χ4v) is 3.54. The van der Waals surface area contributed by atoms with E-state index in [1.54, 1.807) is 6.20 Å². The van der Waals surface area contributed by atoms with Crippen molar-refractivity contribution in [3.63, 3.8) is 0 Å². The van der Waals surface area contributed by atoms with Crippen LogP contribution < -0.4 is 10.5 Å². The zero-order valence-corrected chi connectivity index (χ0v) is 16.1. The molecule has 4 aromatic rings. The van der Waals surface area contributed by atoms with E-state index in [0.717, 1.165) is 46.5 Å². The molecule has 4 nitrogen and oxygen atoms in total. The molecule has 0 fully saturated rings. The molecule has 142 valence electrons. The lowest BCUT2D eigenvalue weighted by Gasteiger charge is -2.07. The zero-order valence-electron chi connectivity index (χ0n) is 16.1. The van der Waals surface area contributed by atoms with Gasteiger partial charge in [0, 0.05) is 29.9 Å². The Bertz CT molecular complexity index is 1050. The Kier molecular flexibility index (Phi) is 5.29. The normalized spacial score (nSPS) is 11.0. The molecule has 0 bridgehead atoms. The summed E-state index contributed by atoms with van der Waals surface area (Å²) in [4.78, 5) is 4.32. The highest BCUT2D eigenvalue weighted by molar-refractivity contribution is 6.02. The van der Waals surface area contributed by atoms with Crippen molar-refractivity contribution in [2.45, 2.75) is 32.7 Å². The molecular weight excluding hydrogens is 346 g/mol. The lowest BCUT2D eigenvalue weighted by molar-refractivity contribution is 0.483. The second-order valence-corrected chi connectivity index (χ2v) is 6.97.